The fourth-order valence-electron chi connectivity index (χ4n) is 1.96. The normalized spacial score (nSPS) is 12.1. The number of rotatable bonds is 6. The molecule has 0 aliphatic carbocycles. The summed E-state index contributed by atoms with van der Waals surface area (Å²) in [5, 5.41) is 8.84. The van der Waals surface area contributed by atoms with E-state index in [4.69, 9.17) is 5.26 Å². The highest BCUT2D eigenvalue weighted by Gasteiger charge is 2.05. The SMILES string of the molecule is CCCCCCC(C)c1cccc(C#N)c1. The van der Waals surface area contributed by atoms with E-state index in [1.807, 2.05) is 18.2 Å². The van der Waals surface area contributed by atoms with Gasteiger partial charge in [0.05, 0.1) is 11.6 Å². The van der Waals surface area contributed by atoms with Crippen LogP contribution >= 0.6 is 0 Å². The molecule has 0 saturated heterocycles. The Hall–Kier alpha value is -1.29. The third kappa shape index (κ3) is 4.06. The number of nitriles is 1. The van der Waals surface area contributed by atoms with Gasteiger partial charge in [-0.15, -0.1) is 0 Å². The average Bonchev–Trinajstić information content (AvgIpc) is 2.34. The lowest BCUT2D eigenvalue weighted by Gasteiger charge is -2.11. The van der Waals surface area contributed by atoms with Crippen molar-refractivity contribution in [1.82, 2.24) is 0 Å². The number of unbranched alkanes of at least 4 members (excludes halogenated alkanes) is 3. The van der Waals surface area contributed by atoms with E-state index in [9.17, 15) is 0 Å². The summed E-state index contributed by atoms with van der Waals surface area (Å²) < 4.78 is 0. The molecule has 1 rings (SSSR count). The smallest absolute Gasteiger partial charge is 0.0991 e. The summed E-state index contributed by atoms with van der Waals surface area (Å²) in [6, 6.07) is 10.2. The van der Waals surface area contributed by atoms with Crippen LogP contribution in [0.2, 0.25) is 0 Å². The first-order valence-corrected chi connectivity index (χ1v) is 6.28. The Morgan fingerprint density at radius 1 is 1.25 bits per heavy atom. The summed E-state index contributed by atoms with van der Waals surface area (Å²) in [4.78, 5) is 0. The first-order chi connectivity index (χ1) is 7.77. The molecule has 0 heterocycles. The van der Waals surface area contributed by atoms with E-state index in [0.717, 1.165) is 5.56 Å². The standard InChI is InChI=1S/C15H21N/c1-3-4-5-6-8-13(2)15-10-7-9-14(11-15)12-16/h7,9-11,13H,3-6,8H2,1-2H3. The average molecular weight is 215 g/mol. The van der Waals surface area contributed by atoms with Gasteiger partial charge in [0.15, 0.2) is 0 Å². The largest absolute Gasteiger partial charge is 0.192 e. The topological polar surface area (TPSA) is 23.8 Å². The van der Waals surface area contributed by atoms with Crippen LogP contribution in [0.5, 0.6) is 0 Å². The van der Waals surface area contributed by atoms with E-state index >= 15 is 0 Å². The van der Waals surface area contributed by atoms with Crippen LogP contribution in [0.15, 0.2) is 24.3 Å². The number of hydrogen-bond acceptors (Lipinski definition) is 1. The van der Waals surface area contributed by atoms with Crippen molar-refractivity contribution in [3.63, 3.8) is 0 Å². The van der Waals surface area contributed by atoms with Gasteiger partial charge in [-0.1, -0.05) is 51.7 Å². The van der Waals surface area contributed by atoms with Gasteiger partial charge in [-0.2, -0.15) is 5.26 Å². The van der Waals surface area contributed by atoms with Crippen molar-refractivity contribution in [2.45, 2.75) is 51.9 Å². The zero-order valence-corrected chi connectivity index (χ0v) is 10.4. The summed E-state index contributed by atoms with van der Waals surface area (Å²) in [6.07, 6.45) is 6.49. The van der Waals surface area contributed by atoms with E-state index in [-0.39, 0.29) is 0 Å². The maximum Gasteiger partial charge on any atom is 0.0991 e. The molecule has 0 saturated carbocycles. The second-order valence-corrected chi connectivity index (χ2v) is 4.49. The Morgan fingerprint density at radius 2 is 2.06 bits per heavy atom. The first-order valence-electron chi connectivity index (χ1n) is 6.28. The molecule has 0 aliphatic heterocycles. The Morgan fingerprint density at radius 3 is 2.75 bits per heavy atom. The van der Waals surface area contributed by atoms with E-state index in [1.54, 1.807) is 0 Å². The molecule has 1 unspecified atom stereocenters. The fourth-order valence-corrected chi connectivity index (χ4v) is 1.96. The van der Waals surface area contributed by atoms with Crippen molar-refractivity contribution in [3.05, 3.63) is 35.4 Å². The van der Waals surface area contributed by atoms with Gasteiger partial charge in [0.25, 0.3) is 0 Å². The zero-order valence-electron chi connectivity index (χ0n) is 10.4. The summed E-state index contributed by atoms with van der Waals surface area (Å²) in [5.74, 6) is 0.574. The minimum Gasteiger partial charge on any atom is -0.192 e. The van der Waals surface area contributed by atoms with E-state index in [0.29, 0.717) is 5.92 Å². The number of benzene rings is 1. The van der Waals surface area contributed by atoms with Crippen molar-refractivity contribution >= 4 is 0 Å². The van der Waals surface area contributed by atoms with Crippen molar-refractivity contribution in [2.24, 2.45) is 0 Å². The van der Waals surface area contributed by atoms with Gasteiger partial charge in [0.2, 0.25) is 0 Å². The van der Waals surface area contributed by atoms with Gasteiger partial charge in [-0.05, 0) is 30.0 Å². The molecule has 0 amide bonds. The van der Waals surface area contributed by atoms with E-state index < -0.39 is 0 Å². The molecule has 1 aromatic rings. The minimum absolute atomic E-state index is 0.574. The molecule has 0 spiro atoms. The zero-order chi connectivity index (χ0) is 11.8. The summed E-state index contributed by atoms with van der Waals surface area (Å²) in [6.45, 7) is 4.49. The van der Waals surface area contributed by atoms with Crippen LogP contribution in [0.25, 0.3) is 0 Å². The summed E-state index contributed by atoms with van der Waals surface area (Å²) in [7, 11) is 0. The fraction of sp³-hybridized carbons (Fsp3) is 0.533. The molecule has 1 heteroatoms. The highest BCUT2D eigenvalue weighted by Crippen LogP contribution is 2.22. The van der Waals surface area contributed by atoms with Crippen LogP contribution in [0.1, 0.15) is 63.0 Å². The molecule has 0 aliphatic rings. The molecule has 0 radical (unpaired) electrons. The quantitative estimate of drug-likeness (QED) is 0.634. The molecule has 86 valence electrons. The van der Waals surface area contributed by atoms with Gasteiger partial charge >= 0.3 is 0 Å². The predicted octanol–water partition coefficient (Wildman–Crippen LogP) is 4.63. The van der Waals surface area contributed by atoms with Crippen LogP contribution in [0.3, 0.4) is 0 Å². The molecule has 0 fully saturated rings. The molecular formula is C15H21N. The summed E-state index contributed by atoms with van der Waals surface area (Å²) >= 11 is 0. The number of hydrogen-bond donors (Lipinski definition) is 0. The first kappa shape index (κ1) is 12.8. The lowest BCUT2D eigenvalue weighted by molar-refractivity contribution is 0.580. The number of nitrogens with zero attached hydrogens (tertiary/aromatic N) is 1. The van der Waals surface area contributed by atoms with Crippen molar-refractivity contribution in [3.8, 4) is 6.07 Å². The second kappa shape index (κ2) is 7.06. The Kier molecular flexibility index (Phi) is 5.64. The van der Waals surface area contributed by atoms with Gasteiger partial charge in [0, 0.05) is 0 Å². The molecule has 0 N–H and O–H groups in total. The summed E-state index contributed by atoms with van der Waals surface area (Å²) in [5.41, 5.74) is 2.08. The molecule has 0 bridgehead atoms. The van der Waals surface area contributed by atoms with Gasteiger partial charge in [-0.3, -0.25) is 0 Å². The molecule has 16 heavy (non-hydrogen) atoms. The highest BCUT2D eigenvalue weighted by atomic mass is 14.2. The Balaban J connectivity index is 2.46. The van der Waals surface area contributed by atoms with Crippen LogP contribution in [0.4, 0.5) is 0 Å². The lowest BCUT2D eigenvalue weighted by atomic mass is 9.94. The molecular weight excluding hydrogens is 194 g/mol. The Labute approximate surface area is 99.1 Å². The third-order valence-corrected chi connectivity index (χ3v) is 3.08. The van der Waals surface area contributed by atoms with Crippen molar-refractivity contribution in [2.75, 3.05) is 0 Å². The van der Waals surface area contributed by atoms with Gasteiger partial charge in [-0.25, -0.2) is 0 Å². The monoisotopic (exact) mass is 215 g/mol. The molecule has 1 atom stereocenters. The van der Waals surface area contributed by atoms with Crippen LogP contribution < -0.4 is 0 Å². The van der Waals surface area contributed by atoms with Gasteiger partial charge in [0.1, 0.15) is 0 Å². The van der Waals surface area contributed by atoms with E-state index in [2.05, 4.69) is 26.0 Å². The van der Waals surface area contributed by atoms with Gasteiger partial charge < -0.3 is 0 Å². The van der Waals surface area contributed by atoms with Crippen LogP contribution in [-0.2, 0) is 0 Å². The van der Waals surface area contributed by atoms with E-state index in [1.165, 1.54) is 37.7 Å². The maximum atomic E-state index is 8.84. The second-order valence-electron chi connectivity index (χ2n) is 4.49. The lowest BCUT2D eigenvalue weighted by Crippen LogP contribution is -1.94. The minimum atomic E-state index is 0.574. The molecule has 0 aromatic heterocycles. The van der Waals surface area contributed by atoms with Crippen molar-refractivity contribution < 1.29 is 0 Å². The predicted molar refractivity (Wildman–Crippen MR) is 68.3 cm³/mol. The Bertz CT molecular complexity index is 349. The van der Waals surface area contributed by atoms with Crippen LogP contribution in [-0.4, -0.2) is 0 Å². The van der Waals surface area contributed by atoms with Crippen LogP contribution in [0, 0.1) is 11.3 Å². The maximum absolute atomic E-state index is 8.84. The molecule has 1 aromatic carbocycles. The third-order valence-electron chi connectivity index (χ3n) is 3.08. The highest BCUT2D eigenvalue weighted by molar-refractivity contribution is 5.34. The molecule has 1 nitrogen and oxygen atoms in total. The van der Waals surface area contributed by atoms with Crippen molar-refractivity contribution in [1.29, 1.82) is 5.26 Å².